The fourth-order valence-corrected chi connectivity index (χ4v) is 4.44. The molecule has 4 heterocycles. The summed E-state index contributed by atoms with van der Waals surface area (Å²) in [7, 11) is 1.66. The van der Waals surface area contributed by atoms with Crippen molar-refractivity contribution in [2.75, 3.05) is 20.2 Å². The Morgan fingerprint density at radius 3 is 2.81 bits per heavy atom. The zero-order valence-corrected chi connectivity index (χ0v) is 18.3. The van der Waals surface area contributed by atoms with Gasteiger partial charge in [0.1, 0.15) is 5.75 Å². The molecule has 4 nitrogen and oxygen atoms in total. The summed E-state index contributed by atoms with van der Waals surface area (Å²) in [6.45, 7) is 6.07. The first-order valence-corrected chi connectivity index (χ1v) is 8.68. The first-order chi connectivity index (χ1) is 11.7. The maximum absolute atomic E-state index is 11.2. The molecule has 3 aliphatic heterocycles. The summed E-state index contributed by atoms with van der Waals surface area (Å²) < 4.78 is 5.35. The summed E-state index contributed by atoms with van der Waals surface area (Å²) in [5.74, 6) is 2.01. The van der Waals surface area contributed by atoms with Gasteiger partial charge < -0.3 is 9.84 Å². The normalized spacial score (nSPS) is 27.9. The Labute approximate surface area is 175 Å². The van der Waals surface area contributed by atoms with Gasteiger partial charge in [-0.1, -0.05) is 6.08 Å². The number of halogens is 2. The predicted octanol–water partition coefficient (Wildman–Crippen LogP) is 4.33. The number of aliphatic hydroxyl groups excluding tert-OH is 1. The molecule has 1 aromatic carbocycles. The van der Waals surface area contributed by atoms with Gasteiger partial charge in [-0.3, -0.25) is 9.88 Å². The third-order valence-corrected chi connectivity index (χ3v) is 5.82. The van der Waals surface area contributed by atoms with Crippen LogP contribution in [0.1, 0.15) is 24.5 Å². The highest BCUT2D eigenvalue weighted by atomic mass is 79.9. The highest BCUT2D eigenvalue weighted by Gasteiger charge is 2.42. The Hall–Kier alpha value is -0.950. The van der Waals surface area contributed by atoms with Crippen LogP contribution < -0.4 is 4.74 Å². The molecule has 2 bridgehead atoms. The van der Waals surface area contributed by atoms with Gasteiger partial charge in [0, 0.05) is 24.2 Å². The lowest BCUT2D eigenvalue weighted by atomic mass is 9.73. The lowest BCUT2D eigenvalue weighted by Gasteiger charge is -2.50. The van der Waals surface area contributed by atoms with E-state index in [-0.39, 0.29) is 40.0 Å². The van der Waals surface area contributed by atoms with E-state index >= 15 is 0 Å². The van der Waals surface area contributed by atoms with Crippen LogP contribution in [0, 0.1) is 11.8 Å². The van der Waals surface area contributed by atoms with Crippen LogP contribution in [0.25, 0.3) is 10.9 Å². The van der Waals surface area contributed by atoms with Crippen molar-refractivity contribution >= 4 is 44.9 Å². The highest BCUT2D eigenvalue weighted by Crippen LogP contribution is 2.42. The van der Waals surface area contributed by atoms with Gasteiger partial charge in [-0.25, -0.2) is 0 Å². The second-order valence-electron chi connectivity index (χ2n) is 6.97. The lowest BCUT2D eigenvalue weighted by molar-refractivity contribution is -0.0444. The minimum absolute atomic E-state index is 0. The van der Waals surface area contributed by atoms with Gasteiger partial charge in [-0.05, 0) is 61.1 Å². The maximum atomic E-state index is 11.2. The number of fused-ring (bicyclic) bond motifs is 4. The molecule has 0 aliphatic carbocycles. The van der Waals surface area contributed by atoms with Crippen LogP contribution in [0.3, 0.4) is 0 Å². The van der Waals surface area contributed by atoms with Crippen LogP contribution >= 0.6 is 34.0 Å². The number of hydrogen-bond donors (Lipinski definition) is 1. The van der Waals surface area contributed by atoms with Gasteiger partial charge in [0.25, 0.3) is 0 Å². The summed E-state index contributed by atoms with van der Waals surface area (Å²) in [5.41, 5.74) is 1.85. The molecule has 142 valence electrons. The molecule has 26 heavy (non-hydrogen) atoms. The minimum atomic E-state index is -0.504. The zero-order chi connectivity index (χ0) is 16.7. The Kier molecular flexibility index (Phi) is 7.25. The van der Waals surface area contributed by atoms with E-state index in [0.29, 0.717) is 11.8 Å². The molecule has 3 saturated heterocycles. The molecule has 2 aromatic rings. The lowest BCUT2D eigenvalue weighted by Crippen LogP contribution is -2.54. The first-order valence-electron chi connectivity index (χ1n) is 8.68. The van der Waals surface area contributed by atoms with E-state index in [2.05, 4.69) is 22.5 Å². The van der Waals surface area contributed by atoms with Crippen LogP contribution in [-0.4, -0.2) is 41.2 Å². The molecule has 0 saturated carbocycles. The maximum Gasteiger partial charge on any atom is 0.119 e. The number of hydrogen-bond acceptors (Lipinski definition) is 4. The topological polar surface area (TPSA) is 45.6 Å². The van der Waals surface area contributed by atoms with E-state index in [1.54, 1.807) is 13.3 Å². The summed E-state index contributed by atoms with van der Waals surface area (Å²) in [6, 6.07) is 7.96. The molecule has 0 radical (unpaired) electrons. The first kappa shape index (κ1) is 21.4. The number of ether oxygens (including phenoxy) is 1. The van der Waals surface area contributed by atoms with Crippen molar-refractivity contribution in [2.24, 2.45) is 11.8 Å². The van der Waals surface area contributed by atoms with Crippen molar-refractivity contribution in [1.82, 2.24) is 9.88 Å². The standard InChI is InChI=1S/C20H24N2O2.2BrH/c1-3-13-12-22-9-7-14(13)10-19(22)20(23)16-6-8-21-18-5-4-15(24-2)11-17(16)18;;/h3-6,8,11,13-14,19-20,23H,1,7,9-10,12H2,2H3;2*1H/t13-,14-,19-,20+;;/m1../s1. The summed E-state index contributed by atoms with van der Waals surface area (Å²) >= 11 is 0. The SMILES string of the molecule is Br.Br.C=C[C@@H]1CN2CC[C@@H]1C[C@@H]2[C@@H](O)c1ccnc2ccc(OC)cc12. The molecule has 0 spiro atoms. The number of aliphatic hydroxyl groups is 1. The van der Waals surface area contributed by atoms with Crippen molar-refractivity contribution in [1.29, 1.82) is 0 Å². The predicted molar refractivity (Wildman–Crippen MR) is 116 cm³/mol. The van der Waals surface area contributed by atoms with E-state index < -0.39 is 6.10 Å². The Morgan fingerprint density at radius 2 is 2.15 bits per heavy atom. The molecule has 6 heteroatoms. The number of benzene rings is 1. The van der Waals surface area contributed by atoms with Gasteiger partial charge >= 0.3 is 0 Å². The largest absolute Gasteiger partial charge is 0.497 e. The number of piperidine rings is 3. The number of pyridine rings is 1. The molecular formula is C20H26Br2N2O2. The van der Waals surface area contributed by atoms with Crippen LogP contribution in [-0.2, 0) is 0 Å². The third-order valence-electron chi connectivity index (χ3n) is 5.82. The van der Waals surface area contributed by atoms with Crippen LogP contribution in [0.5, 0.6) is 5.75 Å². The summed E-state index contributed by atoms with van der Waals surface area (Å²) in [4.78, 5) is 6.86. The minimum Gasteiger partial charge on any atom is -0.497 e. The van der Waals surface area contributed by atoms with Crippen molar-refractivity contribution in [3.05, 3.63) is 48.7 Å². The Bertz CT molecular complexity index is 771. The van der Waals surface area contributed by atoms with Crippen LogP contribution in [0.2, 0.25) is 0 Å². The fraction of sp³-hybridized carbons (Fsp3) is 0.450. The number of rotatable bonds is 4. The number of aromatic nitrogens is 1. The second kappa shape index (κ2) is 8.83. The van der Waals surface area contributed by atoms with E-state index in [4.69, 9.17) is 4.74 Å². The average molecular weight is 486 g/mol. The monoisotopic (exact) mass is 484 g/mol. The third kappa shape index (κ3) is 3.70. The van der Waals surface area contributed by atoms with Crippen molar-refractivity contribution < 1.29 is 9.84 Å². The van der Waals surface area contributed by atoms with Gasteiger partial charge in [0.05, 0.1) is 18.7 Å². The number of methoxy groups -OCH3 is 1. The molecule has 3 fully saturated rings. The number of nitrogens with zero attached hydrogens (tertiary/aromatic N) is 2. The van der Waals surface area contributed by atoms with E-state index in [9.17, 15) is 5.11 Å². The Balaban J connectivity index is 0.00000121. The molecule has 5 rings (SSSR count). The van der Waals surface area contributed by atoms with Crippen molar-refractivity contribution in [2.45, 2.75) is 25.0 Å². The summed E-state index contributed by atoms with van der Waals surface area (Å²) in [6.07, 6.45) is 5.62. The van der Waals surface area contributed by atoms with Crippen LogP contribution in [0.4, 0.5) is 0 Å². The van der Waals surface area contributed by atoms with E-state index in [0.717, 1.165) is 41.7 Å². The molecule has 1 unspecified atom stereocenters. The highest BCUT2D eigenvalue weighted by molar-refractivity contribution is 8.93. The van der Waals surface area contributed by atoms with E-state index in [1.165, 1.54) is 6.42 Å². The fourth-order valence-electron chi connectivity index (χ4n) is 4.44. The van der Waals surface area contributed by atoms with Crippen molar-refractivity contribution in [3.8, 4) is 5.75 Å². The van der Waals surface area contributed by atoms with Crippen molar-refractivity contribution in [3.63, 3.8) is 0 Å². The van der Waals surface area contributed by atoms with Crippen LogP contribution in [0.15, 0.2) is 43.1 Å². The molecular weight excluding hydrogens is 460 g/mol. The van der Waals surface area contributed by atoms with Gasteiger partial charge in [0.2, 0.25) is 0 Å². The molecule has 1 aromatic heterocycles. The second-order valence-corrected chi connectivity index (χ2v) is 6.97. The average Bonchev–Trinajstić information content (AvgIpc) is 2.66. The van der Waals surface area contributed by atoms with Gasteiger partial charge in [-0.15, -0.1) is 40.5 Å². The zero-order valence-electron chi connectivity index (χ0n) is 14.9. The van der Waals surface area contributed by atoms with Gasteiger partial charge in [-0.2, -0.15) is 0 Å². The molecule has 5 atom stereocenters. The smallest absolute Gasteiger partial charge is 0.119 e. The molecule has 0 amide bonds. The van der Waals surface area contributed by atoms with Gasteiger partial charge in [0.15, 0.2) is 0 Å². The Morgan fingerprint density at radius 1 is 1.35 bits per heavy atom. The quantitative estimate of drug-likeness (QED) is 0.654. The van der Waals surface area contributed by atoms with E-state index in [1.807, 2.05) is 24.3 Å². The molecule has 3 aliphatic rings. The molecule has 1 N–H and O–H groups in total. The summed E-state index contributed by atoms with van der Waals surface area (Å²) in [5, 5.41) is 12.1.